The number of rotatable bonds is 10. The molecule has 0 radical (unpaired) electrons. The second kappa shape index (κ2) is 13.3. The lowest BCUT2D eigenvalue weighted by molar-refractivity contribution is -0.116. The van der Waals surface area contributed by atoms with Gasteiger partial charge in [-0.1, -0.05) is 35.2 Å². The molecule has 1 aromatic heterocycles. The van der Waals surface area contributed by atoms with Crippen molar-refractivity contribution >= 4 is 51.5 Å². The first-order valence-electron chi connectivity index (χ1n) is 13.6. The number of amides is 2. The van der Waals surface area contributed by atoms with Crippen LogP contribution in [0.15, 0.2) is 63.4 Å². The molecule has 3 aromatic rings. The minimum Gasteiger partial charge on any atom is -0.496 e. The number of nitrogens with two attached hydrogens (primary N) is 2. The number of anilines is 2. The van der Waals surface area contributed by atoms with E-state index in [2.05, 4.69) is 21.6 Å². The van der Waals surface area contributed by atoms with Crippen molar-refractivity contribution in [3.8, 4) is 23.3 Å². The topological polar surface area (TPSA) is 196 Å². The summed E-state index contributed by atoms with van der Waals surface area (Å²) in [7, 11) is 4.49. The third-order valence-corrected chi connectivity index (χ3v) is 9.38. The molecule has 2 amide bonds. The van der Waals surface area contributed by atoms with E-state index in [9.17, 15) is 19.6 Å². The van der Waals surface area contributed by atoms with Gasteiger partial charge in [-0.25, -0.2) is 0 Å². The Balaban J connectivity index is 1.47. The maximum atomic E-state index is 13.6. The Bertz CT molecular complexity index is 1790. The summed E-state index contributed by atoms with van der Waals surface area (Å²) in [6.45, 7) is 0. The van der Waals surface area contributed by atoms with Crippen LogP contribution in [0.2, 0.25) is 0 Å². The SMILES string of the molecule is COc1cc(OC)c(C2C(C#N)=C(N)N(c3nnc(SCC(=O)Nc4ccccc4C(N)=O)s3)C3=C2C(=O)CCC3)cc1OC. The van der Waals surface area contributed by atoms with E-state index < -0.39 is 11.8 Å². The highest BCUT2D eigenvalue weighted by Gasteiger charge is 2.42. The Morgan fingerprint density at radius 3 is 2.51 bits per heavy atom. The molecule has 2 aliphatic rings. The minimum atomic E-state index is -0.808. The summed E-state index contributed by atoms with van der Waals surface area (Å²) in [4.78, 5) is 39.5. The maximum Gasteiger partial charge on any atom is 0.250 e. The fraction of sp³-hybridized carbons (Fsp3) is 0.267. The predicted octanol–water partition coefficient (Wildman–Crippen LogP) is 3.70. The van der Waals surface area contributed by atoms with Gasteiger partial charge in [-0.15, -0.1) is 10.2 Å². The molecule has 1 aliphatic carbocycles. The number of nitrogens with zero attached hydrogens (tertiary/aromatic N) is 4. The van der Waals surface area contributed by atoms with Gasteiger partial charge >= 0.3 is 0 Å². The number of primary amides is 1. The van der Waals surface area contributed by atoms with Crippen LogP contribution in [0.4, 0.5) is 10.8 Å². The van der Waals surface area contributed by atoms with Crippen molar-refractivity contribution in [2.45, 2.75) is 29.5 Å². The average Bonchev–Trinajstić information content (AvgIpc) is 3.51. The van der Waals surface area contributed by atoms with E-state index in [1.807, 2.05) is 0 Å². The molecule has 0 saturated heterocycles. The summed E-state index contributed by atoms with van der Waals surface area (Å²) in [5.74, 6) is -0.617. The maximum absolute atomic E-state index is 13.6. The number of ether oxygens (including phenoxy) is 3. The minimum absolute atomic E-state index is 0.0237. The Labute approximate surface area is 266 Å². The number of nitrogens with one attached hydrogen (secondary N) is 1. The molecule has 2 heterocycles. The Morgan fingerprint density at radius 1 is 1.11 bits per heavy atom. The molecule has 5 N–H and O–H groups in total. The van der Waals surface area contributed by atoms with Crippen LogP contribution >= 0.6 is 23.1 Å². The Morgan fingerprint density at radius 2 is 1.82 bits per heavy atom. The zero-order valence-corrected chi connectivity index (χ0v) is 26.2. The molecule has 45 heavy (non-hydrogen) atoms. The van der Waals surface area contributed by atoms with Crippen molar-refractivity contribution in [1.29, 1.82) is 5.26 Å². The molecule has 1 aliphatic heterocycles. The van der Waals surface area contributed by atoms with Crippen molar-refractivity contribution in [3.63, 3.8) is 0 Å². The average molecular weight is 648 g/mol. The molecule has 5 rings (SSSR count). The van der Waals surface area contributed by atoms with Crippen LogP contribution in [-0.2, 0) is 9.59 Å². The van der Waals surface area contributed by atoms with Gasteiger partial charge in [0.15, 0.2) is 21.6 Å². The molecule has 0 bridgehead atoms. The van der Waals surface area contributed by atoms with Crippen LogP contribution in [0.3, 0.4) is 0 Å². The molecule has 0 fully saturated rings. The number of hydrogen-bond donors (Lipinski definition) is 3. The van der Waals surface area contributed by atoms with E-state index in [1.54, 1.807) is 35.2 Å². The summed E-state index contributed by atoms with van der Waals surface area (Å²) >= 11 is 2.30. The smallest absolute Gasteiger partial charge is 0.250 e. The summed E-state index contributed by atoms with van der Waals surface area (Å²) in [6, 6.07) is 12.0. The van der Waals surface area contributed by atoms with Gasteiger partial charge in [-0.3, -0.25) is 19.3 Å². The third-order valence-electron chi connectivity index (χ3n) is 7.34. The highest BCUT2D eigenvalue weighted by atomic mass is 32.2. The highest BCUT2D eigenvalue weighted by Crippen LogP contribution is 2.50. The number of methoxy groups -OCH3 is 3. The summed E-state index contributed by atoms with van der Waals surface area (Å²) in [5.41, 5.74) is 14.3. The monoisotopic (exact) mass is 647 g/mol. The van der Waals surface area contributed by atoms with Gasteiger partial charge in [0.2, 0.25) is 11.0 Å². The summed E-state index contributed by atoms with van der Waals surface area (Å²) in [5, 5.41) is 22.0. The molecule has 1 atom stereocenters. The fourth-order valence-corrected chi connectivity index (χ4v) is 7.05. The predicted molar refractivity (Wildman–Crippen MR) is 168 cm³/mol. The van der Waals surface area contributed by atoms with Gasteiger partial charge < -0.3 is 31.0 Å². The van der Waals surface area contributed by atoms with Gasteiger partial charge in [0.25, 0.3) is 5.91 Å². The van der Waals surface area contributed by atoms with Crippen LogP contribution in [0.1, 0.15) is 41.1 Å². The molecular formula is C30H29N7O6S2. The number of para-hydroxylation sites is 1. The van der Waals surface area contributed by atoms with Gasteiger partial charge in [-0.05, 0) is 31.0 Å². The van der Waals surface area contributed by atoms with E-state index in [0.717, 1.165) is 11.8 Å². The quantitative estimate of drug-likeness (QED) is 0.270. The number of allylic oxidation sites excluding steroid dienone is 3. The lowest BCUT2D eigenvalue weighted by atomic mass is 9.75. The van der Waals surface area contributed by atoms with Crippen LogP contribution < -0.4 is 35.9 Å². The second-order valence-corrected chi connectivity index (χ2v) is 12.0. The number of benzene rings is 2. The number of nitriles is 1. The van der Waals surface area contributed by atoms with Gasteiger partial charge in [-0.2, -0.15) is 5.26 Å². The van der Waals surface area contributed by atoms with E-state index in [4.69, 9.17) is 25.7 Å². The first-order valence-corrected chi connectivity index (χ1v) is 15.4. The molecular weight excluding hydrogens is 619 g/mol. The molecule has 232 valence electrons. The molecule has 1 unspecified atom stereocenters. The first kappa shape index (κ1) is 31.4. The van der Waals surface area contributed by atoms with Gasteiger partial charge in [0.1, 0.15) is 11.6 Å². The molecule has 0 spiro atoms. The van der Waals surface area contributed by atoms with Crippen molar-refractivity contribution in [3.05, 3.63) is 70.2 Å². The van der Waals surface area contributed by atoms with E-state index in [-0.39, 0.29) is 34.4 Å². The molecule has 13 nitrogen and oxygen atoms in total. The molecule has 0 saturated carbocycles. The number of ketones is 1. The lowest BCUT2D eigenvalue weighted by Gasteiger charge is -2.38. The van der Waals surface area contributed by atoms with Crippen LogP contribution in [0, 0.1) is 11.3 Å². The van der Waals surface area contributed by atoms with Gasteiger partial charge in [0.05, 0.1) is 55.9 Å². The largest absolute Gasteiger partial charge is 0.496 e. The lowest BCUT2D eigenvalue weighted by Crippen LogP contribution is -2.38. The summed E-state index contributed by atoms with van der Waals surface area (Å²) in [6.07, 6.45) is 1.41. The fourth-order valence-electron chi connectivity index (χ4n) is 5.37. The first-order chi connectivity index (χ1) is 21.7. The van der Waals surface area contributed by atoms with Crippen LogP contribution in [0.5, 0.6) is 17.2 Å². The number of hydrogen-bond acceptors (Lipinski definition) is 13. The summed E-state index contributed by atoms with van der Waals surface area (Å²) < 4.78 is 17.1. The number of thioether (sulfide) groups is 1. The van der Waals surface area contributed by atoms with E-state index in [0.29, 0.717) is 68.5 Å². The normalized spacial score (nSPS) is 16.2. The standard InChI is InChI=1S/C30H29N7O6S2/c1-41-21-12-23(43-3)22(42-2)11-16(21)25-17(13-31)27(32)37(19-9-6-10-20(38)26(19)25)29-35-36-30(45-29)44-14-24(39)34-18-8-5-4-7-15(18)28(33)40/h4-5,7-8,11-12,25H,6,9-10,14,32H2,1-3H3,(H2,33,40)(H,34,39). The van der Waals surface area contributed by atoms with Crippen molar-refractivity contribution in [2.75, 3.05) is 37.3 Å². The second-order valence-electron chi connectivity index (χ2n) is 9.86. The number of carbonyl (C=O) groups is 3. The zero-order valence-electron chi connectivity index (χ0n) is 24.6. The van der Waals surface area contributed by atoms with Crippen molar-refractivity contribution < 1.29 is 28.6 Å². The highest BCUT2D eigenvalue weighted by molar-refractivity contribution is 8.01. The van der Waals surface area contributed by atoms with Crippen molar-refractivity contribution in [2.24, 2.45) is 11.5 Å². The van der Waals surface area contributed by atoms with Crippen LogP contribution in [-0.4, -0.2) is 54.9 Å². The Kier molecular flexibility index (Phi) is 9.26. The third kappa shape index (κ3) is 6.02. The van der Waals surface area contributed by atoms with E-state index in [1.165, 1.54) is 38.7 Å². The number of Topliss-reactive ketones (excluding diaryl/α,β-unsaturated/α-hetero) is 1. The number of carbonyl (C=O) groups excluding carboxylic acids is 3. The van der Waals surface area contributed by atoms with E-state index >= 15 is 0 Å². The van der Waals surface area contributed by atoms with Crippen LogP contribution in [0.25, 0.3) is 0 Å². The molecule has 15 heteroatoms. The Hall–Kier alpha value is -5.07. The van der Waals surface area contributed by atoms with Crippen molar-refractivity contribution in [1.82, 2.24) is 10.2 Å². The zero-order chi connectivity index (χ0) is 32.2. The molecule has 2 aromatic carbocycles. The van der Waals surface area contributed by atoms with Gasteiger partial charge in [0, 0.05) is 29.3 Å². The number of aromatic nitrogens is 2.